The Kier molecular flexibility index (Phi) is 7.77. The third-order valence-corrected chi connectivity index (χ3v) is 6.97. The van der Waals surface area contributed by atoms with Crippen molar-refractivity contribution in [3.63, 3.8) is 0 Å². The standard InChI is InChI=1S/C25H28N6O3S.ClH/c1-15-12-30(13-16(2)34-15)22-5-3-4-19(27-22)20-14-35-25(28-20)29-23(32)21-10-11-31(21)24(33)17-6-8-18(26)9-7-17;/h3-9,14-16,21H,10-13,26H2,1-2H3,(H,28,29,32);1H/t15-,16+,21-;/m0./s1. The number of nitrogens with zero attached hydrogens (tertiary/aromatic N) is 4. The molecule has 0 aliphatic carbocycles. The van der Waals surface area contributed by atoms with E-state index in [4.69, 9.17) is 15.5 Å². The molecular formula is C25H29ClN6O3S. The number of pyridine rings is 1. The smallest absolute Gasteiger partial charge is 0.254 e. The van der Waals surface area contributed by atoms with Crippen LogP contribution >= 0.6 is 23.7 Å². The van der Waals surface area contributed by atoms with Gasteiger partial charge >= 0.3 is 0 Å². The quantitative estimate of drug-likeness (QED) is 0.485. The van der Waals surface area contributed by atoms with Crippen molar-refractivity contribution in [2.75, 3.05) is 35.6 Å². The number of benzene rings is 1. The third kappa shape index (κ3) is 5.45. The van der Waals surface area contributed by atoms with E-state index in [1.807, 2.05) is 23.6 Å². The van der Waals surface area contributed by atoms with Gasteiger partial charge in [-0.05, 0) is 56.7 Å². The maximum absolute atomic E-state index is 12.9. The molecule has 3 aromatic rings. The first kappa shape index (κ1) is 25.9. The van der Waals surface area contributed by atoms with Gasteiger partial charge in [-0.3, -0.25) is 9.59 Å². The van der Waals surface area contributed by atoms with Gasteiger partial charge in [0, 0.05) is 36.3 Å². The molecule has 0 spiro atoms. The van der Waals surface area contributed by atoms with Gasteiger partial charge in [0.15, 0.2) is 5.13 Å². The molecule has 0 bridgehead atoms. The lowest BCUT2D eigenvalue weighted by atomic mass is 10.0. The van der Waals surface area contributed by atoms with Crippen LogP contribution in [-0.4, -0.2) is 64.6 Å². The van der Waals surface area contributed by atoms with E-state index in [1.165, 1.54) is 11.3 Å². The van der Waals surface area contributed by atoms with Crippen LogP contribution in [0.15, 0.2) is 47.8 Å². The second kappa shape index (κ2) is 10.8. The molecule has 36 heavy (non-hydrogen) atoms. The number of carbonyl (C=O) groups excluding carboxylic acids is 2. The largest absolute Gasteiger partial charge is 0.399 e. The molecule has 1 aromatic carbocycles. The number of morpholine rings is 1. The van der Waals surface area contributed by atoms with Gasteiger partial charge in [0.1, 0.15) is 17.6 Å². The van der Waals surface area contributed by atoms with Crippen LogP contribution in [0.4, 0.5) is 16.6 Å². The first-order valence-corrected chi connectivity index (χ1v) is 12.6. The zero-order valence-electron chi connectivity index (χ0n) is 20.1. The number of thiazole rings is 1. The average Bonchev–Trinajstić information content (AvgIpc) is 3.26. The molecule has 2 fully saturated rings. The van der Waals surface area contributed by atoms with E-state index >= 15 is 0 Å². The van der Waals surface area contributed by atoms with E-state index < -0.39 is 6.04 Å². The van der Waals surface area contributed by atoms with Crippen LogP contribution in [0, 0.1) is 0 Å². The minimum absolute atomic E-state index is 0. The molecule has 0 radical (unpaired) electrons. The van der Waals surface area contributed by atoms with Crippen LogP contribution in [0.25, 0.3) is 11.4 Å². The second-order valence-electron chi connectivity index (χ2n) is 9.00. The van der Waals surface area contributed by atoms with Gasteiger partial charge in [-0.1, -0.05) is 6.07 Å². The summed E-state index contributed by atoms with van der Waals surface area (Å²) in [6.07, 6.45) is 0.900. The zero-order chi connectivity index (χ0) is 24.5. The molecule has 11 heteroatoms. The van der Waals surface area contributed by atoms with Crippen LogP contribution in [-0.2, 0) is 9.53 Å². The predicted octanol–water partition coefficient (Wildman–Crippen LogP) is 3.68. The highest BCUT2D eigenvalue weighted by Crippen LogP contribution is 2.28. The normalized spacial score (nSPS) is 21.3. The summed E-state index contributed by atoms with van der Waals surface area (Å²) < 4.78 is 5.83. The van der Waals surface area contributed by atoms with E-state index in [0.29, 0.717) is 35.0 Å². The summed E-state index contributed by atoms with van der Waals surface area (Å²) in [7, 11) is 0. The van der Waals surface area contributed by atoms with E-state index in [0.717, 1.165) is 24.6 Å². The van der Waals surface area contributed by atoms with E-state index in [2.05, 4.69) is 29.0 Å². The lowest BCUT2D eigenvalue weighted by Crippen LogP contribution is -2.56. The van der Waals surface area contributed by atoms with Crippen molar-refractivity contribution >= 4 is 52.2 Å². The van der Waals surface area contributed by atoms with Crippen molar-refractivity contribution < 1.29 is 14.3 Å². The van der Waals surface area contributed by atoms with Gasteiger partial charge in [-0.25, -0.2) is 9.97 Å². The topological polar surface area (TPSA) is 114 Å². The number of anilines is 3. The maximum Gasteiger partial charge on any atom is 0.254 e. The molecule has 2 saturated heterocycles. The van der Waals surface area contributed by atoms with Gasteiger partial charge in [-0.15, -0.1) is 23.7 Å². The molecule has 2 aliphatic heterocycles. The Morgan fingerprint density at radius 3 is 2.44 bits per heavy atom. The molecule has 4 heterocycles. The highest BCUT2D eigenvalue weighted by atomic mass is 35.5. The molecule has 2 aliphatic rings. The summed E-state index contributed by atoms with van der Waals surface area (Å²) in [5, 5.41) is 5.23. The van der Waals surface area contributed by atoms with Crippen LogP contribution in [0.5, 0.6) is 0 Å². The summed E-state index contributed by atoms with van der Waals surface area (Å²) in [4.78, 5) is 38.8. The second-order valence-corrected chi connectivity index (χ2v) is 9.85. The summed E-state index contributed by atoms with van der Waals surface area (Å²) in [6, 6.07) is 12.1. The Morgan fingerprint density at radius 1 is 1.06 bits per heavy atom. The Balaban J connectivity index is 0.00000304. The lowest BCUT2D eigenvalue weighted by molar-refractivity contribution is -0.123. The first-order valence-electron chi connectivity index (χ1n) is 11.7. The number of nitrogens with two attached hydrogens (primary N) is 1. The number of rotatable bonds is 5. The molecule has 9 nitrogen and oxygen atoms in total. The van der Waals surface area contributed by atoms with E-state index in [9.17, 15) is 9.59 Å². The maximum atomic E-state index is 12.9. The van der Waals surface area contributed by atoms with Crippen molar-refractivity contribution in [3.8, 4) is 11.4 Å². The number of nitrogen functional groups attached to an aromatic ring is 1. The fraction of sp³-hybridized carbons (Fsp3) is 0.360. The van der Waals surface area contributed by atoms with Crippen LogP contribution in [0.1, 0.15) is 30.6 Å². The van der Waals surface area contributed by atoms with Gasteiger partial charge in [0.25, 0.3) is 5.91 Å². The molecule has 2 aromatic heterocycles. The molecule has 2 amide bonds. The van der Waals surface area contributed by atoms with Gasteiger partial charge in [0.2, 0.25) is 5.91 Å². The van der Waals surface area contributed by atoms with Crippen LogP contribution in [0.2, 0.25) is 0 Å². The summed E-state index contributed by atoms with van der Waals surface area (Å²) in [5.74, 6) is 0.470. The number of hydrogen-bond donors (Lipinski definition) is 2. The fourth-order valence-electron chi connectivity index (χ4n) is 4.44. The molecular weight excluding hydrogens is 500 g/mol. The molecule has 3 N–H and O–H groups in total. The van der Waals surface area contributed by atoms with Crippen LogP contribution < -0.4 is 16.0 Å². The Labute approximate surface area is 220 Å². The fourth-order valence-corrected chi connectivity index (χ4v) is 5.15. The predicted molar refractivity (Wildman–Crippen MR) is 144 cm³/mol. The first-order chi connectivity index (χ1) is 16.9. The third-order valence-electron chi connectivity index (χ3n) is 6.22. The monoisotopic (exact) mass is 528 g/mol. The zero-order valence-corrected chi connectivity index (χ0v) is 21.7. The number of halogens is 1. The molecule has 190 valence electrons. The Hall–Kier alpha value is -3.21. The lowest BCUT2D eigenvalue weighted by Gasteiger charge is -2.39. The number of nitrogens with one attached hydrogen (secondary N) is 1. The van der Waals surface area contributed by atoms with E-state index in [1.54, 1.807) is 29.2 Å². The summed E-state index contributed by atoms with van der Waals surface area (Å²) in [5.41, 5.74) is 8.26. The number of aromatic nitrogens is 2. The number of ether oxygens (including phenoxy) is 1. The summed E-state index contributed by atoms with van der Waals surface area (Å²) in [6.45, 7) is 6.24. The molecule has 0 unspecified atom stereocenters. The minimum atomic E-state index is -0.515. The average molecular weight is 529 g/mol. The Bertz CT molecular complexity index is 1230. The number of amides is 2. The van der Waals surface area contributed by atoms with Gasteiger partial charge < -0.3 is 25.6 Å². The van der Waals surface area contributed by atoms with Crippen molar-refractivity contribution in [2.45, 2.75) is 38.5 Å². The van der Waals surface area contributed by atoms with Gasteiger partial charge in [0.05, 0.1) is 17.9 Å². The highest BCUT2D eigenvalue weighted by molar-refractivity contribution is 7.14. The SMILES string of the molecule is C[C@@H]1CN(c2cccc(-c3csc(NC(=O)[C@@H]4CCN4C(=O)c4ccc(N)cc4)n3)n2)C[C@H](C)O1.Cl. The van der Waals surface area contributed by atoms with Crippen molar-refractivity contribution in [2.24, 2.45) is 0 Å². The van der Waals surface area contributed by atoms with Crippen molar-refractivity contribution in [1.29, 1.82) is 0 Å². The summed E-state index contributed by atoms with van der Waals surface area (Å²) >= 11 is 1.34. The molecule has 5 rings (SSSR count). The Morgan fingerprint density at radius 2 is 1.78 bits per heavy atom. The number of carbonyl (C=O) groups is 2. The number of likely N-dealkylation sites (tertiary alicyclic amines) is 1. The van der Waals surface area contributed by atoms with Gasteiger partial charge in [-0.2, -0.15) is 0 Å². The number of hydrogen-bond acceptors (Lipinski definition) is 8. The highest BCUT2D eigenvalue weighted by Gasteiger charge is 2.38. The van der Waals surface area contributed by atoms with Crippen molar-refractivity contribution in [3.05, 3.63) is 53.4 Å². The minimum Gasteiger partial charge on any atom is -0.399 e. The van der Waals surface area contributed by atoms with E-state index in [-0.39, 0.29) is 36.4 Å². The van der Waals surface area contributed by atoms with Crippen LogP contribution in [0.3, 0.4) is 0 Å². The molecule has 3 atom stereocenters. The van der Waals surface area contributed by atoms with Crippen molar-refractivity contribution in [1.82, 2.24) is 14.9 Å². The molecule has 0 saturated carbocycles.